The topological polar surface area (TPSA) is 55.3 Å². The lowest BCUT2D eigenvalue weighted by molar-refractivity contribution is -0.144. The predicted molar refractivity (Wildman–Crippen MR) is 90.3 cm³/mol. The molecule has 2 atom stereocenters. The van der Waals surface area contributed by atoms with Crippen molar-refractivity contribution in [3.05, 3.63) is 35.6 Å². The Kier molecular flexibility index (Phi) is 5.03. The van der Waals surface area contributed by atoms with Gasteiger partial charge in [0.25, 0.3) is 0 Å². The number of carbonyl (C=O) groups excluding carboxylic acids is 1. The van der Waals surface area contributed by atoms with Crippen LogP contribution in [0.1, 0.15) is 26.0 Å². The molecule has 6 heteroatoms. The van der Waals surface area contributed by atoms with Crippen molar-refractivity contribution in [1.29, 1.82) is 0 Å². The Morgan fingerprint density at radius 2 is 2.17 bits per heavy atom. The minimum Gasteiger partial charge on any atom is -0.377 e. The van der Waals surface area contributed by atoms with Gasteiger partial charge in [-0.1, -0.05) is 0 Å². The van der Waals surface area contributed by atoms with Crippen molar-refractivity contribution in [1.82, 2.24) is 14.9 Å². The van der Waals surface area contributed by atoms with Gasteiger partial charge >= 0.3 is 0 Å². The quantitative estimate of drug-likeness (QED) is 0.864. The lowest BCUT2D eigenvalue weighted by Crippen LogP contribution is -2.52. The molecule has 2 aromatic rings. The van der Waals surface area contributed by atoms with Gasteiger partial charge < -0.3 is 9.64 Å². The van der Waals surface area contributed by atoms with E-state index < -0.39 is 0 Å². The zero-order chi connectivity index (χ0) is 16.2. The highest BCUT2D eigenvalue weighted by atomic mass is 32.1. The average molecular weight is 331 g/mol. The molecule has 1 saturated heterocycles. The molecule has 2 aromatic heterocycles. The smallest absolute Gasteiger partial charge is 0.223 e. The zero-order valence-electron chi connectivity index (χ0n) is 13.4. The maximum absolute atomic E-state index is 12.5. The van der Waals surface area contributed by atoms with Crippen LogP contribution in [0.2, 0.25) is 0 Å². The fraction of sp³-hybridized carbons (Fsp3) is 0.471. The standard InChI is InChI=1S/C17H21N3O2S/c1-12-9-22-10-13(2)20(12)16(21)6-5-15-11-23-17(19-15)14-4-3-7-18-8-14/h3-4,7-8,11-13H,5-6,9-10H2,1-2H3. The molecule has 1 aliphatic rings. The van der Waals surface area contributed by atoms with E-state index in [9.17, 15) is 4.79 Å². The molecule has 0 spiro atoms. The normalized spacial score (nSPS) is 21.4. The number of aryl methyl sites for hydroxylation is 1. The Morgan fingerprint density at radius 3 is 2.87 bits per heavy atom. The number of aromatic nitrogens is 2. The van der Waals surface area contributed by atoms with Crippen LogP contribution in [0.15, 0.2) is 29.9 Å². The highest BCUT2D eigenvalue weighted by Crippen LogP contribution is 2.23. The van der Waals surface area contributed by atoms with Crippen molar-refractivity contribution < 1.29 is 9.53 Å². The van der Waals surface area contributed by atoms with E-state index in [0.717, 1.165) is 16.3 Å². The van der Waals surface area contributed by atoms with E-state index in [1.807, 2.05) is 42.5 Å². The van der Waals surface area contributed by atoms with Crippen molar-refractivity contribution in [3.63, 3.8) is 0 Å². The second-order valence-corrected chi connectivity index (χ2v) is 6.78. The van der Waals surface area contributed by atoms with Gasteiger partial charge in [-0.2, -0.15) is 0 Å². The van der Waals surface area contributed by atoms with Gasteiger partial charge in [0, 0.05) is 29.8 Å². The number of amides is 1. The summed E-state index contributed by atoms with van der Waals surface area (Å²) in [7, 11) is 0. The number of hydrogen-bond acceptors (Lipinski definition) is 5. The number of morpholine rings is 1. The SMILES string of the molecule is CC1COCC(C)N1C(=O)CCc1csc(-c2cccnc2)n1. The molecule has 0 radical (unpaired) electrons. The summed E-state index contributed by atoms with van der Waals surface area (Å²) in [6.45, 7) is 5.32. The van der Waals surface area contributed by atoms with Gasteiger partial charge in [-0.05, 0) is 32.4 Å². The maximum Gasteiger partial charge on any atom is 0.223 e. The van der Waals surface area contributed by atoms with E-state index in [4.69, 9.17) is 4.74 Å². The van der Waals surface area contributed by atoms with E-state index in [1.54, 1.807) is 17.5 Å². The Bertz CT molecular complexity index is 649. The Morgan fingerprint density at radius 1 is 1.39 bits per heavy atom. The van der Waals surface area contributed by atoms with Crippen LogP contribution in [0.4, 0.5) is 0 Å². The molecule has 0 N–H and O–H groups in total. The number of pyridine rings is 1. The molecule has 0 aliphatic carbocycles. The summed E-state index contributed by atoms with van der Waals surface area (Å²) in [5.41, 5.74) is 1.99. The molecule has 0 aromatic carbocycles. The van der Waals surface area contributed by atoms with Gasteiger partial charge in [0.1, 0.15) is 5.01 Å². The number of rotatable bonds is 4. The van der Waals surface area contributed by atoms with Crippen LogP contribution in [0, 0.1) is 0 Å². The fourth-order valence-corrected chi connectivity index (χ4v) is 3.75. The molecular weight excluding hydrogens is 310 g/mol. The number of ether oxygens (including phenoxy) is 1. The third kappa shape index (κ3) is 3.76. The molecule has 0 bridgehead atoms. The number of hydrogen-bond donors (Lipinski definition) is 0. The van der Waals surface area contributed by atoms with Crippen molar-refractivity contribution in [2.75, 3.05) is 13.2 Å². The largest absolute Gasteiger partial charge is 0.377 e. The molecular formula is C17H21N3O2S. The van der Waals surface area contributed by atoms with E-state index in [1.165, 1.54) is 0 Å². The Hall–Kier alpha value is -1.79. The summed E-state index contributed by atoms with van der Waals surface area (Å²) in [6, 6.07) is 4.19. The van der Waals surface area contributed by atoms with Gasteiger partial charge in [0.15, 0.2) is 0 Å². The highest BCUT2D eigenvalue weighted by molar-refractivity contribution is 7.13. The zero-order valence-corrected chi connectivity index (χ0v) is 14.3. The lowest BCUT2D eigenvalue weighted by atomic mass is 10.1. The van der Waals surface area contributed by atoms with Gasteiger partial charge in [0.05, 0.1) is 31.0 Å². The summed E-state index contributed by atoms with van der Waals surface area (Å²) in [5.74, 6) is 0.184. The number of carbonyl (C=O) groups is 1. The van der Waals surface area contributed by atoms with Crippen molar-refractivity contribution in [2.45, 2.75) is 38.8 Å². The lowest BCUT2D eigenvalue weighted by Gasteiger charge is -2.38. The molecule has 0 saturated carbocycles. The molecule has 2 unspecified atom stereocenters. The van der Waals surface area contributed by atoms with Gasteiger partial charge in [-0.15, -0.1) is 11.3 Å². The van der Waals surface area contributed by atoms with Crippen LogP contribution < -0.4 is 0 Å². The number of nitrogens with zero attached hydrogens (tertiary/aromatic N) is 3. The molecule has 1 fully saturated rings. The third-order valence-electron chi connectivity index (χ3n) is 4.01. The van der Waals surface area contributed by atoms with Crippen LogP contribution in [-0.2, 0) is 16.0 Å². The van der Waals surface area contributed by atoms with Crippen LogP contribution in [0.25, 0.3) is 10.6 Å². The van der Waals surface area contributed by atoms with Gasteiger partial charge in [-0.25, -0.2) is 4.98 Å². The first kappa shape index (κ1) is 16.1. The average Bonchev–Trinajstić information content (AvgIpc) is 3.02. The molecule has 3 heterocycles. The first-order valence-corrected chi connectivity index (χ1v) is 8.77. The highest BCUT2D eigenvalue weighted by Gasteiger charge is 2.29. The molecule has 23 heavy (non-hydrogen) atoms. The second-order valence-electron chi connectivity index (χ2n) is 5.92. The number of thiazole rings is 1. The summed E-state index contributed by atoms with van der Waals surface area (Å²) in [5, 5.41) is 2.98. The summed E-state index contributed by atoms with van der Waals surface area (Å²) in [4.78, 5) is 23.2. The van der Waals surface area contributed by atoms with Gasteiger partial charge in [-0.3, -0.25) is 9.78 Å². The molecule has 5 nitrogen and oxygen atoms in total. The predicted octanol–water partition coefficient (Wildman–Crippen LogP) is 2.77. The van der Waals surface area contributed by atoms with Crippen molar-refractivity contribution in [3.8, 4) is 10.6 Å². The summed E-state index contributed by atoms with van der Waals surface area (Å²) in [6.07, 6.45) is 4.73. The van der Waals surface area contributed by atoms with Crippen LogP contribution in [0.3, 0.4) is 0 Å². The summed E-state index contributed by atoms with van der Waals surface area (Å²) >= 11 is 1.59. The molecule has 3 rings (SSSR count). The first-order valence-electron chi connectivity index (χ1n) is 7.89. The second kappa shape index (κ2) is 7.19. The van der Waals surface area contributed by atoms with E-state index in [2.05, 4.69) is 9.97 Å². The Balaban J connectivity index is 1.60. The van der Waals surface area contributed by atoms with Gasteiger partial charge in [0.2, 0.25) is 5.91 Å². The molecule has 1 aliphatic heterocycles. The van der Waals surface area contributed by atoms with Crippen molar-refractivity contribution >= 4 is 17.2 Å². The summed E-state index contributed by atoms with van der Waals surface area (Å²) < 4.78 is 5.48. The minimum absolute atomic E-state index is 0.146. The monoisotopic (exact) mass is 331 g/mol. The van der Waals surface area contributed by atoms with E-state index in [-0.39, 0.29) is 18.0 Å². The van der Waals surface area contributed by atoms with E-state index in [0.29, 0.717) is 26.1 Å². The first-order chi connectivity index (χ1) is 11.1. The fourth-order valence-electron chi connectivity index (χ4n) is 2.90. The minimum atomic E-state index is 0.146. The third-order valence-corrected chi connectivity index (χ3v) is 4.95. The van der Waals surface area contributed by atoms with Crippen molar-refractivity contribution in [2.24, 2.45) is 0 Å². The maximum atomic E-state index is 12.5. The van der Waals surface area contributed by atoms with Crippen LogP contribution in [0.5, 0.6) is 0 Å². The van der Waals surface area contributed by atoms with E-state index >= 15 is 0 Å². The van der Waals surface area contributed by atoms with Crippen LogP contribution in [-0.4, -0.2) is 46.1 Å². The molecule has 122 valence electrons. The Labute approximate surface area is 140 Å². The molecule has 1 amide bonds. The van der Waals surface area contributed by atoms with Crippen LogP contribution >= 0.6 is 11.3 Å².